The van der Waals surface area contributed by atoms with Gasteiger partial charge in [-0.25, -0.2) is 13.4 Å². The summed E-state index contributed by atoms with van der Waals surface area (Å²) in [5, 5.41) is 0. The predicted octanol–water partition coefficient (Wildman–Crippen LogP) is 4.06. The number of rotatable bonds is 4. The van der Waals surface area contributed by atoms with Gasteiger partial charge in [-0.3, -0.25) is 4.90 Å². The molecule has 0 amide bonds. The molecular weight excluding hydrogens is 403 g/mol. The number of imidazole rings is 1. The van der Waals surface area contributed by atoms with E-state index in [0.29, 0.717) is 30.3 Å². The number of likely N-dealkylation sites (tertiary alicyclic amines) is 1. The first kappa shape index (κ1) is 20.4. The SMILES string of the molecule is O=S1(=O)CCC(CN2CCCC2c2ncc(-c3ccccc3C(F)(F)F)[nH]2)CC1. The van der Waals surface area contributed by atoms with Gasteiger partial charge >= 0.3 is 6.18 Å². The minimum atomic E-state index is -4.43. The van der Waals surface area contributed by atoms with Crippen LogP contribution < -0.4 is 0 Å². The number of nitrogens with zero attached hydrogens (tertiary/aromatic N) is 2. The third-order valence-corrected chi connectivity index (χ3v) is 7.68. The topological polar surface area (TPSA) is 66.1 Å². The lowest BCUT2D eigenvalue weighted by Gasteiger charge is -2.30. The van der Waals surface area contributed by atoms with E-state index in [1.165, 1.54) is 18.3 Å². The molecule has 3 heterocycles. The Kier molecular flexibility index (Phi) is 5.46. The first-order valence-electron chi connectivity index (χ1n) is 9.89. The van der Waals surface area contributed by atoms with Crippen LogP contribution >= 0.6 is 0 Å². The zero-order valence-electron chi connectivity index (χ0n) is 16.0. The van der Waals surface area contributed by atoms with E-state index in [2.05, 4.69) is 14.9 Å². The van der Waals surface area contributed by atoms with Crippen molar-refractivity contribution in [2.45, 2.75) is 37.9 Å². The Morgan fingerprint density at radius 3 is 2.59 bits per heavy atom. The van der Waals surface area contributed by atoms with Gasteiger partial charge in [-0.2, -0.15) is 13.2 Å². The molecule has 5 nitrogen and oxygen atoms in total. The minimum absolute atomic E-state index is 0.0281. The summed E-state index contributed by atoms with van der Waals surface area (Å²) < 4.78 is 63.3. The van der Waals surface area contributed by atoms with Crippen LogP contribution in [0.15, 0.2) is 30.5 Å². The zero-order chi connectivity index (χ0) is 20.6. The van der Waals surface area contributed by atoms with Crippen molar-refractivity contribution in [2.75, 3.05) is 24.6 Å². The number of aromatic nitrogens is 2. The van der Waals surface area contributed by atoms with Gasteiger partial charge in [0, 0.05) is 12.1 Å². The molecule has 0 saturated carbocycles. The molecular formula is C20H24F3N3O2S. The molecule has 9 heteroatoms. The van der Waals surface area contributed by atoms with Crippen LogP contribution in [0.5, 0.6) is 0 Å². The normalized spacial score (nSPS) is 23.5. The Morgan fingerprint density at radius 1 is 1.14 bits per heavy atom. The van der Waals surface area contributed by atoms with E-state index in [9.17, 15) is 21.6 Å². The number of halogens is 3. The quantitative estimate of drug-likeness (QED) is 0.799. The van der Waals surface area contributed by atoms with Crippen LogP contribution in [0.2, 0.25) is 0 Å². The van der Waals surface area contributed by atoms with Crippen LogP contribution in [0.25, 0.3) is 11.3 Å². The maximum atomic E-state index is 13.3. The largest absolute Gasteiger partial charge is 0.417 e. The van der Waals surface area contributed by atoms with Gasteiger partial charge in [-0.15, -0.1) is 0 Å². The summed E-state index contributed by atoms with van der Waals surface area (Å²) in [7, 11) is -2.89. The second kappa shape index (κ2) is 7.75. The fourth-order valence-corrected chi connectivity index (χ4v) is 6.00. The van der Waals surface area contributed by atoms with Gasteiger partial charge in [0.15, 0.2) is 0 Å². The van der Waals surface area contributed by atoms with E-state index in [0.717, 1.165) is 32.0 Å². The van der Waals surface area contributed by atoms with E-state index in [1.54, 1.807) is 6.07 Å². The molecule has 2 fully saturated rings. The first-order valence-corrected chi connectivity index (χ1v) is 11.7. The molecule has 0 spiro atoms. The Hall–Kier alpha value is -1.87. The van der Waals surface area contributed by atoms with Crippen molar-refractivity contribution in [3.8, 4) is 11.3 Å². The number of sulfone groups is 1. The highest BCUT2D eigenvalue weighted by Crippen LogP contribution is 2.38. The highest BCUT2D eigenvalue weighted by atomic mass is 32.2. The lowest BCUT2D eigenvalue weighted by molar-refractivity contribution is -0.137. The van der Waals surface area contributed by atoms with Gasteiger partial charge in [0.25, 0.3) is 0 Å². The molecule has 2 aliphatic heterocycles. The summed E-state index contributed by atoms with van der Waals surface area (Å²) in [6, 6.07) is 5.53. The summed E-state index contributed by atoms with van der Waals surface area (Å²) in [5.74, 6) is 1.50. The smallest absolute Gasteiger partial charge is 0.341 e. The van der Waals surface area contributed by atoms with Crippen LogP contribution in [-0.2, 0) is 16.0 Å². The van der Waals surface area contributed by atoms with Crippen molar-refractivity contribution in [1.29, 1.82) is 0 Å². The monoisotopic (exact) mass is 427 g/mol. The average molecular weight is 427 g/mol. The van der Waals surface area contributed by atoms with Gasteiger partial charge in [0.1, 0.15) is 15.7 Å². The Labute approximate surface area is 168 Å². The second-order valence-corrected chi connectivity index (χ2v) is 10.3. The maximum Gasteiger partial charge on any atom is 0.417 e. The highest BCUT2D eigenvalue weighted by molar-refractivity contribution is 7.91. The van der Waals surface area contributed by atoms with Crippen molar-refractivity contribution in [3.63, 3.8) is 0 Å². The number of hydrogen-bond acceptors (Lipinski definition) is 4. The molecule has 2 aromatic rings. The summed E-state index contributed by atoms with van der Waals surface area (Å²) in [6.45, 7) is 1.69. The summed E-state index contributed by atoms with van der Waals surface area (Å²) in [6.07, 6.45) is 0.276. The molecule has 0 bridgehead atoms. The van der Waals surface area contributed by atoms with Gasteiger partial charge in [-0.1, -0.05) is 18.2 Å². The van der Waals surface area contributed by atoms with Crippen LogP contribution in [0.1, 0.15) is 43.1 Å². The number of aromatic amines is 1. The number of alkyl halides is 3. The van der Waals surface area contributed by atoms with Gasteiger partial charge < -0.3 is 4.98 Å². The number of nitrogens with one attached hydrogen (secondary N) is 1. The summed E-state index contributed by atoms with van der Waals surface area (Å²) in [4.78, 5) is 9.81. The van der Waals surface area contributed by atoms with Gasteiger partial charge in [-0.05, 0) is 44.2 Å². The number of benzene rings is 1. The van der Waals surface area contributed by atoms with E-state index in [4.69, 9.17) is 0 Å². The van der Waals surface area contributed by atoms with Crippen LogP contribution in [-0.4, -0.2) is 47.9 Å². The van der Waals surface area contributed by atoms with Gasteiger partial charge in [0.05, 0.1) is 35.0 Å². The standard InChI is InChI=1S/C20H24F3N3O2S/c21-20(22,23)16-5-2-1-4-15(16)17-12-24-19(25-17)18-6-3-9-26(18)13-14-7-10-29(27,28)11-8-14/h1-2,4-5,12,14,18H,3,6-11,13H2,(H,24,25). The highest BCUT2D eigenvalue weighted by Gasteiger charge is 2.35. The maximum absolute atomic E-state index is 13.3. The van der Waals surface area contributed by atoms with E-state index in [1.807, 2.05) is 0 Å². The Bertz CT molecular complexity index is 957. The lowest BCUT2D eigenvalue weighted by atomic mass is 10.0. The van der Waals surface area contributed by atoms with E-state index < -0.39 is 21.6 Å². The Morgan fingerprint density at radius 2 is 1.86 bits per heavy atom. The van der Waals surface area contributed by atoms with Crippen molar-refractivity contribution < 1.29 is 21.6 Å². The molecule has 1 aromatic heterocycles. The fraction of sp³-hybridized carbons (Fsp3) is 0.550. The molecule has 2 aliphatic rings. The number of H-pyrrole nitrogens is 1. The average Bonchev–Trinajstić information content (AvgIpc) is 3.32. The van der Waals surface area contributed by atoms with Crippen LogP contribution in [0, 0.1) is 5.92 Å². The fourth-order valence-electron chi connectivity index (χ4n) is 4.42. The summed E-state index contributed by atoms with van der Waals surface area (Å²) >= 11 is 0. The van der Waals surface area contributed by atoms with Gasteiger partial charge in [0.2, 0.25) is 0 Å². The van der Waals surface area contributed by atoms with Crippen molar-refractivity contribution >= 4 is 9.84 Å². The predicted molar refractivity (Wildman–Crippen MR) is 104 cm³/mol. The van der Waals surface area contributed by atoms with Crippen LogP contribution in [0.4, 0.5) is 13.2 Å². The molecule has 0 aliphatic carbocycles. The van der Waals surface area contributed by atoms with Crippen LogP contribution in [0.3, 0.4) is 0 Å². The first-order chi connectivity index (χ1) is 13.7. The molecule has 1 atom stereocenters. The van der Waals surface area contributed by atoms with Crippen molar-refractivity contribution in [1.82, 2.24) is 14.9 Å². The zero-order valence-corrected chi connectivity index (χ0v) is 16.8. The second-order valence-electron chi connectivity index (χ2n) is 7.97. The van der Waals surface area contributed by atoms with Crippen molar-refractivity contribution in [2.24, 2.45) is 5.92 Å². The Balaban J connectivity index is 1.51. The molecule has 4 rings (SSSR count). The molecule has 2 saturated heterocycles. The third-order valence-electron chi connectivity index (χ3n) is 5.96. The minimum Gasteiger partial charge on any atom is -0.341 e. The molecule has 1 aromatic carbocycles. The summed E-state index contributed by atoms with van der Waals surface area (Å²) in [5.41, 5.74) is -0.216. The van der Waals surface area contributed by atoms with E-state index >= 15 is 0 Å². The molecule has 158 valence electrons. The third kappa shape index (κ3) is 4.50. The molecule has 29 heavy (non-hydrogen) atoms. The molecule has 1 unspecified atom stereocenters. The lowest BCUT2D eigenvalue weighted by Crippen LogP contribution is -2.34. The molecule has 1 N–H and O–H groups in total. The number of hydrogen-bond donors (Lipinski definition) is 1. The van der Waals surface area contributed by atoms with E-state index in [-0.39, 0.29) is 23.1 Å². The molecule has 0 radical (unpaired) electrons. The van der Waals surface area contributed by atoms with Crippen molar-refractivity contribution in [3.05, 3.63) is 41.9 Å².